The van der Waals surface area contributed by atoms with Gasteiger partial charge in [-0.15, -0.1) is 12.4 Å². The number of hydrogen-bond acceptors (Lipinski definition) is 2. The van der Waals surface area contributed by atoms with Gasteiger partial charge in [0.1, 0.15) is 0 Å². The van der Waals surface area contributed by atoms with Gasteiger partial charge >= 0.3 is 6.18 Å². The zero-order chi connectivity index (χ0) is 19.3. The number of hydrogen-bond donors (Lipinski definition) is 2. The minimum Gasteiger partial charge on any atom is -0.322 e. The van der Waals surface area contributed by atoms with Gasteiger partial charge in [-0.05, 0) is 74.2 Å². The van der Waals surface area contributed by atoms with Crippen LogP contribution >= 0.6 is 12.4 Å². The molecule has 0 saturated carbocycles. The van der Waals surface area contributed by atoms with E-state index in [1.807, 2.05) is 24.3 Å². The maximum atomic E-state index is 12.6. The van der Waals surface area contributed by atoms with Crippen LogP contribution < -0.4 is 10.6 Å². The molecule has 2 aromatic carbocycles. The highest BCUT2D eigenvalue weighted by molar-refractivity contribution is 6.04. The number of piperidine rings is 1. The Kier molecular flexibility index (Phi) is 7.89. The third-order valence-corrected chi connectivity index (χ3v) is 4.88. The molecule has 0 radical (unpaired) electrons. The normalized spacial score (nSPS) is 16.9. The smallest absolute Gasteiger partial charge is 0.322 e. The van der Waals surface area contributed by atoms with Crippen molar-refractivity contribution in [3.8, 4) is 0 Å². The molecule has 0 bridgehead atoms. The molecular weight excluding hydrogens is 389 g/mol. The molecule has 1 fully saturated rings. The lowest BCUT2D eigenvalue weighted by molar-refractivity contribution is -0.137. The zero-order valence-electron chi connectivity index (χ0n) is 15.4. The molecule has 7 heteroatoms. The standard InChI is InChI=1S/C21H23F3N2O.ClH/c22-21(23,24)17-9-7-16(8-10-17)20(27)26-19-12-5-15(6-13-19)4-11-18-3-1-2-14-25-18;/h5-10,12-13,18,25H,1-4,11,14H2,(H,26,27);1H. The second-order valence-corrected chi connectivity index (χ2v) is 6.91. The van der Waals surface area contributed by atoms with Crippen LogP contribution in [-0.4, -0.2) is 18.5 Å². The van der Waals surface area contributed by atoms with Gasteiger partial charge in [-0.3, -0.25) is 4.79 Å². The van der Waals surface area contributed by atoms with Gasteiger partial charge in [-0.1, -0.05) is 18.6 Å². The molecule has 1 heterocycles. The molecule has 1 saturated heterocycles. The summed E-state index contributed by atoms with van der Waals surface area (Å²) in [6, 6.07) is 12.4. The highest BCUT2D eigenvalue weighted by Gasteiger charge is 2.30. The molecule has 1 aliphatic rings. The zero-order valence-corrected chi connectivity index (χ0v) is 16.2. The second kappa shape index (κ2) is 9.94. The van der Waals surface area contributed by atoms with Crippen molar-refractivity contribution in [2.45, 2.75) is 44.3 Å². The number of anilines is 1. The Morgan fingerprint density at radius 2 is 1.71 bits per heavy atom. The van der Waals surface area contributed by atoms with E-state index >= 15 is 0 Å². The predicted molar refractivity (Wildman–Crippen MR) is 107 cm³/mol. The Morgan fingerprint density at radius 3 is 2.29 bits per heavy atom. The van der Waals surface area contributed by atoms with Crippen molar-refractivity contribution in [1.82, 2.24) is 5.32 Å². The topological polar surface area (TPSA) is 41.1 Å². The summed E-state index contributed by atoms with van der Waals surface area (Å²) in [5.74, 6) is -0.428. The largest absolute Gasteiger partial charge is 0.416 e. The fourth-order valence-corrected chi connectivity index (χ4v) is 3.28. The van der Waals surface area contributed by atoms with E-state index in [9.17, 15) is 18.0 Å². The fraction of sp³-hybridized carbons (Fsp3) is 0.381. The van der Waals surface area contributed by atoms with Crippen molar-refractivity contribution < 1.29 is 18.0 Å². The third-order valence-electron chi connectivity index (χ3n) is 4.88. The lowest BCUT2D eigenvalue weighted by Crippen LogP contribution is -2.34. The van der Waals surface area contributed by atoms with E-state index in [1.54, 1.807) is 0 Å². The van der Waals surface area contributed by atoms with Gasteiger partial charge in [0.05, 0.1) is 5.56 Å². The first-order chi connectivity index (χ1) is 12.9. The molecule has 1 amide bonds. The summed E-state index contributed by atoms with van der Waals surface area (Å²) in [6.45, 7) is 1.10. The van der Waals surface area contributed by atoms with Crippen molar-refractivity contribution in [2.24, 2.45) is 0 Å². The first-order valence-electron chi connectivity index (χ1n) is 9.23. The molecule has 1 aliphatic heterocycles. The lowest BCUT2D eigenvalue weighted by Gasteiger charge is -2.23. The summed E-state index contributed by atoms with van der Waals surface area (Å²) in [6.07, 6.45) is 1.43. The van der Waals surface area contributed by atoms with E-state index in [4.69, 9.17) is 0 Å². The molecule has 28 heavy (non-hydrogen) atoms. The molecule has 1 atom stereocenters. The number of carbonyl (C=O) groups excluding carboxylic acids is 1. The van der Waals surface area contributed by atoms with Crippen LogP contribution in [0.3, 0.4) is 0 Å². The Hall–Kier alpha value is -2.05. The number of benzene rings is 2. The minimum atomic E-state index is -4.40. The van der Waals surface area contributed by atoms with Crippen molar-refractivity contribution in [1.29, 1.82) is 0 Å². The van der Waals surface area contributed by atoms with Gasteiger partial charge in [0.15, 0.2) is 0 Å². The molecule has 2 aromatic rings. The first-order valence-corrected chi connectivity index (χ1v) is 9.23. The minimum absolute atomic E-state index is 0. The Balaban J connectivity index is 0.00000280. The van der Waals surface area contributed by atoms with Crippen LogP contribution in [-0.2, 0) is 12.6 Å². The number of halogens is 4. The molecule has 0 aliphatic carbocycles. The maximum Gasteiger partial charge on any atom is 0.416 e. The molecule has 3 rings (SSSR count). The number of amides is 1. The summed E-state index contributed by atoms with van der Waals surface area (Å²) in [4.78, 5) is 12.2. The quantitative estimate of drug-likeness (QED) is 0.685. The maximum absolute atomic E-state index is 12.6. The second-order valence-electron chi connectivity index (χ2n) is 6.91. The van der Waals surface area contributed by atoms with Crippen molar-refractivity contribution in [2.75, 3.05) is 11.9 Å². The van der Waals surface area contributed by atoms with E-state index in [0.29, 0.717) is 11.7 Å². The number of rotatable bonds is 5. The molecular formula is C21H24ClF3N2O. The number of alkyl halides is 3. The van der Waals surface area contributed by atoms with Crippen LogP contribution in [0.5, 0.6) is 0 Å². The molecule has 0 aromatic heterocycles. The Labute approximate surface area is 169 Å². The van der Waals surface area contributed by atoms with Crippen LogP contribution in [0.2, 0.25) is 0 Å². The van der Waals surface area contributed by atoms with Gasteiger partial charge in [-0.2, -0.15) is 13.2 Å². The summed E-state index contributed by atoms with van der Waals surface area (Å²) >= 11 is 0. The molecule has 152 valence electrons. The van der Waals surface area contributed by atoms with Crippen LogP contribution in [0.1, 0.15) is 47.2 Å². The van der Waals surface area contributed by atoms with E-state index in [-0.39, 0.29) is 18.0 Å². The summed E-state index contributed by atoms with van der Waals surface area (Å²) in [5, 5.41) is 6.25. The molecule has 1 unspecified atom stereocenters. The van der Waals surface area contributed by atoms with Crippen molar-refractivity contribution in [3.05, 3.63) is 65.2 Å². The van der Waals surface area contributed by atoms with Gasteiger partial charge in [0.25, 0.3) is 5.91 Å². The highest BCUT2D eigenvalue weighted by Crippen LogP contribution is 2.29. The fourth-order valence-electron chi connectivity index (χ4n) is 3.28. The Bertz CT molecular complexity index is 755. The lowest BCUT2D eigenvalue weighted by atomic mass is 9.98. The van der Waals surface area contributed by atoms with Gasteiger partial charge in [-0.25, -0.2) is 0 Å². The van der Waals surface area contributed by atoms with Crippen molar-refractivity contribution in [3.63, 3.8) is 0 Å². The number of nitrogens with one attached hydrogen (secondary N) is 2. The van der Waals surface area contributed by atoms with Crippen LogP contribution in [0.4, 0.5) is 18.9 Å². The van der Waals surface area contributed by atoms with Gasteiger partial charge in [0.2, 0.25) is 0 Å². The summed E-state index contributed by atoms with van der Waals surface area (Å²) < 4.78 is 37.7. The van der Waals surface area contributed by atoms with Crippen LogP contribution in [0.25, 0.3) is 0 Å². The molecule has 3 nitrogen and oxygen atoms in total. The van der Waals surface area contributed by atoms with Crippen molar-refractivity contribution >= 4 is 24.0 Å². The van der Waals surface area contributed by atoms with E-state index < -0.39 is 17.6 Å². The van der Waals surface area contributed by atoms with E-state index in [1.165, 1.54) is 37.0 Å². The number of carbonyl (C=O) groups is 1. The van der Waals surface area contributed by atoms with Gasteiger partial charge < -0.3 is 10.6 Å². The van der Waals surface area contributed by atoms with Crippen LogP contribution in [0.15, 0.2) is 48.5 Å². The van der Waals surface area contributed by atoms with Gasteiger partial charge in [0, 0.05) is 17.3 Å². The first kappa shape index (κ1) is 22.2. The molecule has 0 spiro atoms. The van der Waals surface area contributed by atoms with Crippen LogP contribution in [0, 0.1) is 0 Å². The van der Waals surface area contributed by atoms with E-state index in [2.05, 4.69) is 10.6 Å². The average Bonchev–Trinajstić information content (AvgIpc) is 2.68. The summed E-state index contributed by atoms with van der Waals surface area (Å²) in [5.41, 5.74) is 1.25. The number of aryl methyl sites for hydroxylation is 1. The monoisotopic (exact) mass is 412 g/mol. The summed E-state index contributed by atoms with van der Waals surface area (Å²) in [7, 11) is 0. The SMILES string of the molecule is Cl.O=C(Nc1ccc(CCC2CCCCN2)cc1)c1ccc(C(F)(F)F)cc1. The predicted octanol–water partition coefficient (Wildman–Crippen LogP) is 5.45. The average molecular weight is 413 g/mol. The Morgan fingerprint density at radius 1 is 1.04 bits per heavy atom. The highest BCUT2D eigenvalue weighted by atomic mass is 35.5. The third kappa shape index (κ3) is 6.24. The molecule has 2 N–H and O–H groups in total. The van der Waals surface area contributed by atoms with E-state index in [0.717, 1.165) is 31.5 Å².